The number of rotatable bonds is 9. The van der Waals surface area contributed by atoms with Crippen LogP contribution >= 0.6 is 0 Å². The minimum atomic E-state index is -0.864. The molecule has 0 amide bonds. The highest BCUT2D eigenvalue weighted by Gasteiger charge is 2.49. The Morgan fingerprint density at radius 2 is 1.96 bits per heavy atom. The second kappa shape index (κ2) is 12.0. The van der Waals surface area contributed by atoms with Crippen LogP contribution in [0.1, 0.15) is 49.7 Å². The number of anilines is 1. The number of alkyl halides is 1. The van der Waals surface area contributed by atoms with E-state index in [0.29, 0.717) is 40.9 Å². The van der Waals surface area contributed by atoms with Crippen LogP contribution in [0.2, 0.25) is 0 Å². The van der Waals surface area contributed by atoms with Gasteiger partial charge in [-0.25, -0.2) is 8.78 Å². The molecule has 47 heavy (non-hydrogen) atoms. The van der Waals surface area contributed by atoms with Crippen molar-refractivity contribution in [2.24, 2.45) is 10.8 Å². The van der Waals surface area contributed by atoms with E-state index in [9.17, 15) is 9.50 Å². The average molecular weight is 642 g/mol. The molecular weight excluding hydrogens is 600 g/mol. The summed E-state index contributed by atoms with van der Waals surface area (Å²) in [5.41, 5.74) is 1.49. The van der Waals surface area contributed by atoms with Crippen molar-refractivity contribution >= 4 is 22.8 Å². The van der Waals surface area contributed by atoms with Gasteiger partial charge in [-0.2, -0.15) is 9.97 Å². The molecule has 8 nitrogen and oxygen atoms in total. The Kier molecular flexibility index (Phi) is 7.82. The molecule has 10 heteroatoms. The number of fused-ring (bicyclic) bond motifs is 3. The number of piperazine rings is 1. The number of hydrogen-bond acceptors (Lipinski definition) is 8. The normalized spacial score (nSPS) is 26.5. The molecule has 5 fully saturated rings. The van der Waals surface area contributed by atoms with E-state index < -0.39 is 12.5 Å². The van der Waals surface area contributed by atoms with E-state index in [1.165, 1.54) is 24.6 Å². The largest absolute Gasteiger partial charge is 0.508 e. The average Bonchev–Trinajstić information content (AvgIpc) is 3.33. The molecule has 1 spiro atoms. The van der Waals surface area contributed by atoms with E-state index in [0.717, 1.165) is 78.0 Å². The van der Waals surface area contributed by atoms with Crippen LogP contribution in [0, 0.1) is 29.0 Å². The topological polar surface area (TPSA) is 83.0 Å². The smallest absolute Gasteiger partial charge is 0.319 e. The van der Waals surface area contributed by atoms with E-state index >= 15 is 4.39 Å². The Bertz CT molecular complexity index is 1750. The molecule has 3 atom stereocenters. The Morgan fingerprint density at radius 3 is 2.68 bits per heavy atom. The molecule has 2 N–H and O–H groups in total. The summed E-state index contributed by atoms with van der Waals surface area (Å²) in [6, 6.07) is 7.10. The SMILES string of the molecule is C#C/C=C\c1cc(O)cc(-c2ccc3c(N4CC5CCC(C4)N5)nc(OCC4(CN5CCC6(CCOC6)C5)CC4)nc3c2F)c1CF. The molecule has 4 aliphatic heterocycles. The van der Waals surface area contributed by atoms with Crippen LogP contribution in [0.25, 0.3) is 28.1 Å². The molecule has 2 aromatic carbocycles. The van der Waals surface area contributed by atoms with Gasteiger partial charge in [-0.1, -0.05) is 12.0 Å². The molecular formula is C37H41F2N5O3. The van der Waals surface area contributed by atoms with Crippen LogP contribution < -0.4 is 15.0 Å². The number of allylic oxidation sites excluding steroid dienone is 1. The monoisotopic (exact) mass is 641 g/mol. The first-order valence-electron chi connectivity index (χ1n) is 16.9. The summed E-state index contributed by atoms with van der Waals surface area (Å²) in [5, 5.41) is 14.7. The summed E-state index contributed by atoms with van der Waals surface area (Å²) in [7, 11) is 0. The van der Waals surface area contributed by atoms with Gasteiger partial charge in [-0.05, 0) is 92.1 Å². The molecule has 1 aromatic heterocycles. The number of terminal acetylenes is 1. The summed E-state index contributed by atoms with van der Waals surface area (Å²) >= 11 is 0. The summed E-state index contributed by atoms with van der Waals surface area (Å²) < 4.78 is 43.3. The van der Waals surface area contributed by atoms with Crippen molar-refractivity contribution in [3.05, 3.63) is 47.3 Å². The Hall–Kier alpha value is -3.78. The zero-order valence-electron chi connectivity index (χ0n) is 26.6. The lowest BCUT2D eigenvalue weighted by Crippen LogP contribution is -2.51. The number of halogens is 2. The third-order valence-electron chi connectivity index (χ3n) is 11.1. The van der Waals surface area contributed by atoms with Gasteiger partial charge in [0.2, 0.25) is 0 Å². The van der Waals surface area contributed by atoms with Crippen molar-refractivity contribution in [2.45, 2.75) is 57.3 Å². The summed E-state index contributed by atoms with van der Waals surface area (Å²) in [6.07, 6.45) is 15.0. The molecule has 3 unspecified atom stereocenters. The fourth-order valence-corrected chi connectivity index (χ4v) is 8.31. The van der Waals surface area contributed by atoms with Crippen LogP contribution in [0.4, 0.5) is 14.6 Å². The fourth-order valence-electron chi connectivity index (χ4n) is 8.31. The van der Waals surface area contributed by atoms with Gasteiger partial charge in [-0.3, -0.25) is 0 Å². The summed E-state index contributed by atoms with van der Waals surface area (Å²) in [4.78, 5) is 14.4. The number of nitrogens with one attached hydrogen (secondary N) is 1. The number of phenols is 1. The Labute approximate surface area is 274 Å². The van der Waals surface area contributed by atoms with E-state index in [1.807, 2.05) is 0 Å². The molecule has 5 heterocycles. The summed E-state index contributed by atoms with van der Waals surface area (Å²) in [5.74, 6) is 2.32. The number of aromatic nitrogens is 2. The van der Waals surface area contributed by atoms with Gasteiger partial charge in [0.25, 0.3) is 0 Å². The van der Waals surface area contributed by atoms with Crippen LogP contribution in [0.5, 0.6) is 11.8 Å². The lowest BCUT2D eigenvalue weighted by molar-refractivity contribution is 0.138. The van der Waals surface area contributed by atoms with Crippen molar-refractivity contribution in [1.29, 1.82) is 0 Å². The quantitative estimate of drug-likeness (QED) is 0.298. The molecule has 2 bridgehead atoms. The molecule has 8 rings (SSSR count). The van der Waals surface area contributed by atoms with Crippen LogP contribution in [0.15, 0.2) is 30.3 Å². The molecule has 1 aliphatic carbocycles. The van der Waals surface area contributed by atoms with E-state index in [-0.39, 0.29) is 39.4 Å². The third kappa shape index (κ3) is 5.83. The van der Waals surface area contributed by atoms with Crippen LogP contribution in [0.3, 0.4) is 0 Å². The highest BCUT2D eigenvalue weighted by molar-refractivity contribution is 5.94. The predicted octanol–water partition coefficient (Wildman–Crippen LogP) is 5.47. The fraction of sp³-hybridized carbons (Fsp3) is 0.514. The lowest BCUT2D eigenvalue weighted by atomic mass is 9.87. The molecule has 3 aromatic rings. The van der Waals surface area contributed by atoms with Gasteiger partial charge in [-0.15, -0.1) is 6.42 Å². The molecule has 5 aliphatic rings. The van der Waals surface area contributed by atoms with Gasteiger partial charge in [0.1, 0.15) is 23.8 Å². The predicted molar refractivity (Wildman–Crippen MR) is 178 cm³/mol. The van der Waals surface area contributed by atoms with Crippen LogP contribution in [-0.4, -0.2) is 84.6 Å². The number of aromatic hydroxyl groups is 1. The van der Waals surface area contributed by atoms with E-state index in [4.69, 9.17) is 20.9 Å². The number of ether oxygens (including phenoxy) is 2. The zero-order valence-corrected chi connectivity index (χ0v) is 26.6. The van der Waals surface area contributed by atoms with Crippen molar-refractivity contribution < 1.29 is 23.4 Å². The zero-order chi connectivity index (χ0) is 32.2. The standard InChI is InChI=1S/C37H41F2N5O3/c1-2-3-4-24-15-27(45)16-30(31(24)17-38)28-7-8-29-33(32(28)39)41-35(42-34(29)44-18-25-5-6-26(19-44)40-25)47-23-36(9-10-36)20-43-13-11-37(21-43)12-14-46-22-37/h1,3-4,7-8,15-16,25-26,40,45H,5-6,9-14,17-23H2/b4-3-. The van der Waals surface area contributed by atoms with Gasteiger partial charge in [0.15, 0.2) is 5.82 Å². The summed E-state index contributed by atoms with van der Waals surface area (Å²) in [6.45, 7) is 5.97. The number of benzene rings is 2. The number of phenolic OH excluding ortho intramolecular Hbond substituents is 1. The van der Waals surface area contributed by atoms with Crippen molar-refractivity contribution in [3.63, 3.8) is 0 Å². The Morgan fingerprint density at radius 1 is 1.13 bits per heavy atom. The second-order valence-electron chi connectivity index (χ2n) is 14.4. The van der Waals surface area contributed by atoms with Gasteiger partial charge in [0, 0.05) is 66.6 Å². The highest BCUT2D eigenvalue weighted by Crippen LogP contribution is 2.49. The minimum Gasteiger partial charge on any atom is -0.508 e. The van der Waals surface area contributed by atoms with Crippen molar-refractivity contribution in [2.75, 3.05) is 57.4 Å². The molecule has 1 saturated carbocycles. The maximum Gasteiger partial charge on any atom is 0.319 e. The number of hydrogen-bond donors (Lipinski definition) is 2. The number of nitrogens with zero attached hydrogens (tertiary/aromatic N) is 4. The molecule has 4 saturated heterocycles. The lowest BCUT2D eigenvalue weighted by Gasteiger charge is -2.34. The second-order valence-corrected chi connectivity index (χ2v) is 14.4. The first-order chi connectivity index (χ1) is 22.9. The molecule has 246 valence electrons. The van der Waals surface area contributed by atoms with Crippen molar-refractivity contribution in [1.82, 2.24) is 20.2 Å². The van der Waals surface area contributed by atoms with Gasteiger partial charge >= 0.3 is 6.01 Å². The number of likely N-dealkylation sites (tertiary alicyclic amines) is 1. The van der Waals surface area contributed by atoms with Gasteiger partial charge in [0.05, 0.1) is 13.2 Å². The minimum absolute atomic E-state index is 0.0396. The van der Waals surface area contributed by atoms with E-state index in [2.05, 4.69) is 26.0 Å². The van der Waals surface area contributed by atoms with Gasteiger partial charge < -0.3 is 29.7 Å². The first-order valence-corrected chi connectivity index (χ1v) is 16.9. The Balaban J connectivity index is 1.14. The maximum absolute atomic E-state index is 16.7. The first kappa shape index (κ1) is 30.5. The highest BCUT2D eigenvalue weighted by atomic mass is 19.1. The third-order valence-corrected chi connectivity index (χ3v) is 11.1. The van der Waals surface area contributed by atoms with E-state index in [1.54, 1.807) is 18.2 Å². The van der Waals surface area contributed by atoms with Crippen molar-refractivity contribution in [3.8, 4) is 35.2 Å². The maximum atomic E-state index is 16.7. The van der Waals surface area contributed by atoms with Crippen LogP contribution in [-0.2, 0) is 11.4 Å². The molecule has 0 radical (unpaired) electrons.